The monoisotopic (exact) mass is 425 g/mol. The number of nitrogens with zero attached hydrogens (tertiary/aromatic N) is 1. The van der Waals surface area contributed by atoms with Gasteiger partial charge >= 0.3 is 0 Å². The smallest absolute Gasteiger partial charge is 0.257 e. The second-order valence-electron chi connectivity index (χ2n) is 8.96. The van der Waals surface area contributed by atoms with Gasteiger partial charge in [-0.15, -0.1) is 0 Å². The normalized spacial score (nSPS) is 19.9. The molecule has 0 radical (unpaired) electrons. The molecule has 2 N–H and O–H groups in total. The number of anilines is 1. The van der Waals surface area contributed by atoms with Crippen LogP contribution in [0.5, 0.6) is 5.75 Å². The van der Waals surface area contributed by atoms with E-state index in [1.54, 1.807) is 7.11 Å². The van der Waals surface area contributed by atoms with E-state index >= 15 is 0 Å². The molecule has 7 heteroatoms. The average Bonchev–Trinajstić information content (AvgIpc) is 2.65. The highest BCUT2D eigenvalue weighted by Crippen LogP contribution is 2.47. The van der Waals surface area contributed by atoms with Crippen molar-refractivity contribution in [1.82, 2.24) is 9.97 Å². The molecular weight excluding hydrogens is 398 g/mol. The molecule has 158 valence electrons. The lowest BCUT2D eigenvalue weighted by molar-refractivity contribution is -0.118. The van der Waals surface area contributed by atoms with Gasteiger partial charge in [-0.1, -0.05) is 51.6 Å². The predicted octanol–water partition coefficient (Wildman–Crippen LogP) is 4.48. The van der Waals surface area contributed by atoms with Crippen molar-refractivity contribution in [2.45, 2.75) is 56.9 Å². The van der Waals surface area contributed by atoms with Crippen LogP contribution in [-0.2, 0) is 4.79 Å². The van der Waals surface area contributed by atoms with Crippen molar-refractivity contribution in [3.05, 3.63) is 57.0 Å². The van der Waals surface area contributed by atoms with E-state index < -0.39 is 5.92 Å². The quantitative estimate of drug-likeness (QED) is 0.555. The molecule has 0 saturated heterocycles. The molecule has 6 nitrogen and oxygen atoms in total. The van der Waals surface area contributed by atoms with Gasteiger partial charge in [0.1, 0.15) is 11.6 Å². The summed E-state index contributed by atoms with van der Waals surface area (Å²) in [6, 6.07) is 7.57. The van der Waals surface area contributed by atoms with Gasteiger partial charge in [-0.3, -0.25) is 9.59 Å². The second kappa shape index (κ2) is 7.61. The molecule has 1 aliphatic heterocycles. The summed E-state index contributed by atoms with van der Waals surface area (Å²) in [6.07, 6.45) is 1.20. The van der Waals surface area contributed by atoms with E-state index in [2.05, 4.69) is 38.0 Å². The average molecular weight is 426 g/mol. The van der Waals surface area contributed by atoms with Crippen LogP contribution in [0.3, 0.4) is 0 Å². The van der Waals surface area contributed by atoms with E-state index in [1.165, 1.54) is 11.8 Å². The number of aromatic nitrogens is 2. The summed E-state index contributed by atoms with van der Waals surface area (Å²) in [7, 11) is 1.62. The minimum Gasteiger partial charge on any atom is -0.497 e. The molecule has 2 aromatic rings. The molecule has 0 spiro atoms. The number of H-pyrrole nitrogens is 1. The highest BCUT2D eigenvalue weighted by atomic mass is 32.2. The number of thioether (sulfide) groups is 1. The number of ketones is 1. The lowest BCUT2D eigenvalue weighted by Crippen LogP contribution is -2.37. The summed E-state index contributed by atoms with van der Waals surface area (Å²) >= 11 is 1.51. The summed E-state index contributed by atoms with van der Waals surface area (Å²) < 4.78 is 5.28. The van der Waals surface area contributed by atoms with Gasteiger partial charge in [0.05, 0.1) is 12.7 Å². The maximum absolute atomic E-state index is 13.2. The number of allylic oxidation sites excluding steroid dienone is 2. The molecule has 1 atom stereocenters. The summed E-state index contributed by atoms with van der Waals surface area (Å²) in [5.74, 6) is 0.918. The van der Waals surface area contributed by atoms with Crippen molar-refractivity contribution in [3.63, 3.8) is 0 Å². The van der Waals surface area contributed by atoms with E-state index in [0.717, 1.165) is 23.4 Å². The lowest BCUT2D eigenvalue weighted by atomic mass is 9.69. The summed E-state index contributed by atoms with van der Waals surface area (Å²) in [4.78, 5) is 34.0. The van der Waals surface area contributed by atoms with Gasteiger partial charge in [0.25, 0.3) is 5.56 Å². The topological polar surface area (TPSA) is 84.1 Å². The summed E-state index contributed by atoms with van der Waals surface area (Å²) in [5.41, 5.74) is 2.60. The minimum absolute atomic E-state index is 0.0836. The number of hydrogen-bond acceptors (Lipinski definition) is 6. The van der Waals surface area contributed by atoms with Crippen LogP contribution in [0.4, 0.5) is 5.82 Å². The molecular formula is C23H27N3O3S. The highest BCUT2D eigenvalue weighted by molar-refractivity contribution is 7.99. The van der Waals surface area contributed by atoms with Gasteiger partial charge in [0, 0.05) is 28.9 Å². The number of carbonyl (C=O) groups is 1. The third kappa shape index (κ3) is 3.78. The molecule has 0 unspecified atom stereocenters. The molecule has 2 heterocycles. The largest absolute Gasteiger partial charge is 0.497 e. The number of benzene rings is 1. The van der Waals surface area contributed by atoms with E-state index in [0.29, 0.717) is 28.5 Å². The highest BCUT2D eigenvalue weighted by Gasteiger charge is 2.42. The zero-order valence-electron chi connectivity index (χ0n) is 18.0. The fraction of sp³-hybridized carbons (Fsp3) is 0.435. The predicted molar refractivity (Wildman–Crippen MR) is 119 cm³/mol. The molecule has 4 rings (SSSR count). The fourth-order valence-electron chi connectivity index (χ4n) is 4.30. The van der Waals surface area contributed by atoms with Crippen molar-refractivity contribution in [2.24, 2.45) is 5.41 Å². The number of carbonyl (C=O) groups excluding carboxylic acids is 1. The summed E-state index contributed by atoms with van der Waals surface area (Å²) in [6.45, 7) is 8.31. The Bertz CT molecular complexity index is 1080. The van der Waals surface area contributed by atoms with Gasteiger partial charge in [-0.2, -0.15) is 0 Å². The van der Waals surface area contributed by atoms with Crippen molar-refractivity contribution in [1.29, 1.82) is 0 Å². The lowest BCUT2D eigenvalue weighted by Gasteiger charge is -2.38. The standard InChI is InChI=1S/C23H27N3O3S/c1-12(2)30-22-25-20-19(21(28)26-22)17(13-6-8-14(29-5)9-7-13)18-15(24-20)10-23(3,4)11-16(18)27/h6-9,12,17H,10-11H2,1-5H3,(H2,24,25,26,28)/t17-/m0/s1. The number of nitrogens with one attached hydrogen (secondary N) is 2. The Labute approximate surface area is 180 Å². The number of aromatic amines is 1. The minimum atomic E-state index is -0.444. The van der Waals surface area contributed by atoms with Crippen molar-refractivity contribution in [3.8, 4) is 5.75 Å². The van der Waals surface area contributed by atoms with Crippen LogP contribution in [0.15, 0.2) is 45.5 Å². The third-order valence-corrected chi connectivity index (χ3v) is 6.38. The van der Waals surface area contributed by atoms with Gasteiger partial charge in [0.2, 0.25) is 0 Å². The fourth-order valence-corrected chi connectivity index (χ4v) is 5.04. The number of Topliss-reactive ketones (excluding diaryl/α,β-unsaturated/α-hetero) is 1. The van der Waals surface area contributed by atoms with E-state index in [-0.39, 0.29) is 22.0 Å². The van der Waals surface area contributed by atoms with Crippen molar-refractivity contribution >= 4 is 23.4 Å². The van der Waals surface area contributed by atoms with E-state index in [4.69, 9.17) is 9.72 Å². The number of methoxy groups -OCH3 is 1. The maximum atomic E-state index is 13.2. The van der Waals surface area contributed by atoms with Crippen LogP contribution >= 0.6 is 11.8 Å². The van der Waals surface area contributed by atoms with Gasteiger partial charge < -0.3 is 15.0 Å². The SMILES string of the molecule is COc1ccc([C@H]2C3=C(CC(C)(C)CC3=O)Nc3nc(SC(C)C)[nH]c(=O)c32)cc1. The number of fused-ring (bicyclic) bond motifs is 1. The Balaban J connectivity index is 1.91. The van der Waals surface area contributed by atoms with Gasteiger partial charge in [-0.05, 0) is 29.5 Å². The first kappa shape index (κ1) is 20.7. The Morgan fingerprint density at radius 3 is 2.50 bits per heavy atom. The zero-order valence-corrected chi connectivity index (χ0v) is 18.8. The maximum Gasteiger partial charge on any atom is 0.257 e. The van der Waals surface area contributed by atoms with E-state index in [1.807, 2.05) is 24.3 Å². The first-order valence-corrected chi connectivity index (χ1v) is 11.0. The van der Waals surface area contributed by atoms with Gasteiger partial charge in [-0.25, -0.2) is 4.98 Å². The number of hydrogen-bond donors (Lipinski definition) is 2. The first-order valence-electron chi connectivity index (χ1n) is 10.2. The number of ether oxygens (including phenoxy) is 1. The number of rotatable bonds is 4. The molecule has 0 bridgehead atoms. The van der Waals surface area contributed by atoms with Crippen LogP contribution in [0.2, 0.25) is 0 Å². The first-order chi connectivity index (χ1) is 14.2. The van der Waals surface area contributed by atoms with Crippen molar-refractivity contribution < 1.29 is 9.53 Å². The van der Waals surface area contributed by atoms with Gasteiger partial charge in [0.15, 0.2) is 10.9 Å². The Hall–Kier alpha value is -2.54. The summed E-state index contributed by atoms with van der Waals surface area (Å²) in [5, 5.41) is 4.22. The van der Waals surface area contributed by atoms with E-state index in [9.17, 15) is 9.59 Å². The molecule has 1 aromatic carbocycles. The molecule has 1 aliphatic carbocycles. The molecule has 0 saturated carbocycles. The molecule has 0 amide bonds. The third-order valence-electron chi connectivity index (χ3n) is 5.50. The van der Waals surface area contributed by atoms with Crippen LogP contribution in [0, 0.1) is 5.41 Å². The molecule has 2 aliphatic rings. The van der Waals surface area contributed by atoms with Crippen LogP contribution < -0.4 is 15.6 Å². The molecule has 0 fully saturated rings. The molecule has 1 aromatic heterocycles. The van der Waals surface area contributed by atoms with Crippen LogP contribution in [0.1, 0.15) is 57.6 Å². The van der Waals surface area contributed by atoms with Crippen LogP contribution in [0.25, 0.3) is 0 Å². The zero-order chi connectivity index (χ0) is 21.6. The Kier molecular flexibility index (Phi) is 5.26. The Morgan fingerprint density at radius 1 is 1.17 bits per heavy atom. The Morgan fingerprint density at radius 2 is 1.87 bits per heavy atom. The van der Waals surface area contributed by atoms with Crippen molar-refractivity contribution in [2.75, 3.05) is 12.4 Å². The molecule has 30 heavy (non-hydrogen) atoms. The van der Waals surface area contributed by atoms with Crippen LogP contribution in [-0.4, -0.2) is 28.1 Å². The second-order valence-corrected chi connectivity index (χ2v) is 10.5.